The minimum Gasteiger partial charge on any atom is -0.497 e. The first-order chi connectivity index (χ1) is 14.2. The molecule has 0 unspecified atom stereocenters. The molecule has 6 nitrogen and oxygen atoms in total. The summed E-state index contributed by atoms with van der Waals surface area (Å²) in [6, 6.07) is 16.1. The number of methoxy groups -OCH3 is 1. The van der Waals surface area contributed by atoms with Gasteiger partial charge in [-0.1, -0.05) is 44.2 Å². The van der Waals surface area contributed by atoms with Gasteiger partial charge in [-0.3, -0.25) is 4.99 Å². The summed E-state index contributed by atoms with van der Waals surface area (Å²) in [6.07, 6.45) is 0. The first-order valence-electron chi connectivity index (χ1n) is 10.2. The molecule has 0 amide bonds. The summed E-state index contributed by atoms with van der Waals surface area (Å²) in [6.45, 7) is 9.34. The van der Waals surface area contributed by atoms with Gasteiger partial charge < -0.3 is 25.0 Å². The first kappa shape index (κ1) is 22.6. The number of hydrogen-bond acceptors (Lipinski definition) is 4. The molecule has 0 atom stereocenters. The van der Waals surface area contributed by atoms with E-state index in [4.69, 9.17) is 9.47 Å². The van der Waals surface area contributed by atoms with Crippen LogP contribution >= 0.6 is 0 Å². The molecule has 0 aliphatic carbocycles. The number of para-hydroxylation sites is 1. The summed E-state index contributed by atoms with van der Waals surface area (Å²) in [7, 11) is 3.45. The van der Waals surface area contributed by atoms with Crippen molar-refractivity contribution < 1.29 is 9.47 Å². The quantitative estimate of drug-likeness (QED) is 0.449. The van der Waals surface area contributed by atoms with Crippen molar-refractivity contribution in [1.29, 1.82) is 0 Å². The van der Waals surface area contributed by atoms with E-state index in [1.165, 1.54) is 0 Å². The van der Waals surface area contributed by atoms with Gasteiger partial charge >= 0.3 is 0 Å². The summed E-state index contributed by atoms with van der Waals surface area (Å²) in [5.41, 5.74) is 2.24. The SMILES string of the molecule is CCN(CC)CCOc1ccccc1CNC(=NC)NCc1cccc(OC)c1. The predicted octanol–water partition coefficient (Wildman–Crippen LogP) is 3.28. The van der Waals surface area contributed by atoms with Crippen molar-refractivity contribution in [2.75, 3.05) is 40.4 Å². The Morgan fingerprint density at radius 3 is 2.48 bits per heavy atom. The molecule has 0 aliphatic heterocycles. The molecule has 29 heavy (non-hydrogen) atoms. The Morgan fingerprint density at radius 2 is 1.76 bits per heavy atom. The van der Waals surface area contributed by atoms with Crippen LogP contribution < -0.4 is 20.1 Å². The zero-order chi connectivity index (χ0) is 20.9. The monoisotopic (exact) mass is 398 g/mol. The average Bonchev–Trinajstić information content (AvgIpc) is 2.77. The van der Waals surface area contributed by atoms with Gasteiger partial charge in [0.25, 0.3) is 0 Å². The molecule has 0 aliphatic rings. The lowest BCUT2D eigenvalue weighted by Gasteiger charge is -2.19. The topological polar surface area (TPSA) is 58.1 Å². The van der Waals surface area contributed by atoms with Gasteiger partial charge in [0.1, 0.15) is 18.1 Å². The Hall–Kier alpha value is -2.73. The molecule has 6 heteroatoms. The molecule has 158 valence electrons. The number of likely N-dealkylation sites (N-methyl/N-ethyl adjacent to an activating group) is 1. The van der Waals surface area contributed by atoms with Crippen LogP contribution in [0.3, 0.4) is 0 Å². The van der Waals surface area contributed by atoms with Crippen LogP contribution in [-0.2, 0) is 13.1 Å². The molecular formula is C23H34N4O2. The number of nitrogens with one attached hydrogen (secondary N) is 2. The molecular weight excluding hydrogens is 364 g/mol. The van der Waals surface area contributed by atoms with E-state index in [9.17, 15) is 0 Å². The maximum absolute atomic E-state index is 6.04. The normalized spacial score (nSPS) is 11.4. The van der Waals surface area contributed by atoms with Crippen molar-refractivity contribution in [3.05, 3.63) is 59.7 Å². The largest absolute Gasteiger partial charge is 0.497 e. The summed E-state index contributed by atoms with van der Waals surface area (Å²) in [5, 5.41) is 6.70. The van der Waals surface area contributed by atoms with Gasteiger partial charge in [-0.2, -0.15) is 0 Å². The van der Waals surface area contributed by atoms with E-state index in [2.05, 4.69) is 46.5 Å². The van der Waals surface area contributed by atoms with E-state index in [-0.39, 0.29) is 0 Å². The molecule has 0 spiro atoms. The van der Waals surface area contributed by atoms with E-state index in [0.717, 1.165) is 48.2 Å². The van der Waals surface area contributed by atoms with Crippen LogP contribution in [-0.4, -0.2) is 51.3 Å². The van der Waals surface area contributed by atoms with E-state index in [0.29, 0.717) is 19.7 Å². The van der Waals surface area contributed by atoms with Crippen LogP contribution in [0.2, 0.25) is 0 Å². The second-order valence-corrected chi connectivity index (χ2v) is 6.61. The van der Waals surface area contributed by atoms with E-state index in [1.807, 2.05) is 36.4 Å². The second kappa shape index (κ2) is 12.7. The maximum Gasteiger partial charge on any atom is 0.191 e. The summed E-state index contributed by atoms with van der Waals surface area (Å²) >= 11 is 0. The number of guanidine groups is 1. The lowest BCUT2D eigenvalue weighted by Crippen LogP contribution is -2.36. The number of hydrogen-bond donors (Lipinski definition) is 2. The Kier molecular flexibility index (Phi) is 9.86. The van der Waals surface area contributed by atoms with E-state index in [1.54, 1.807) is 14.2 Å². The second-order valence-electron chi connectivity index (χ2n) is 6.61. The third-order valence-corrected chi connectivity index (χ3v) is 4.80. The van der Waals surface area contributed by atoms with E-state index >= 15 is 0 Å². The van der Waals surface area contributed by atoms with Crippen molar-refractivity contribution in [3.63, 3.8) is 0 Å². The fraction of sp³-hybridized carbons (Fsp3) is 0.435. The lowest BCUT2D eigenvalue weighted by atomic mass is 10.2. The minimum absolute atomic E-state index is 0.638. The predicted molar refractivity (Wildman–Crippen MR) is 120 cm³/mol. The third-order valence-electron chi connectivity index (χ3n) is 4.80. The van der Waals surface area contributed by atoms with Gasteiger partial charge in [0, 0.05) is 32.2 Å². The molecule has 0 saturated carbocycles. The average molecular weight is 399 g/mol. The van der Waals surface area contributed by atoms with Crippen LogP contribution in [0, 0.1) is 0 Å². The summed E-state index contributed by atoms with van der Waals surface area (Å²) in [4.78, 5) is 6.67. The highest BCUT2D eigenvalue weighted by Crippen LogP contribution is 2.17. The highest BCUT2D eigenvalue weighted by atomic mass is 16.5. The third kappa shape index (κ3) is 7.66. The first-order valence-corrected chi connectivity index (χ1v) is 10.2. The highest BCUT2D eigenvalue weighted by molar-refractivity contribution is 5.79. The molecule has 0 bridgehead atoms. The smallest absolute Gasteiger partial charge is 0.191 e. The molecule has 2 N–H and O–H groups in total. The Bertz CT molecular complexity index is 760. The van der Waals surface area contributed by atoms with Crippen molar-refractivity contribution in [2.45, 2.75) is 26.9 Å². The molecule has 2 aromatic rings. The summed E-state index contributed by atoms with van der Waals surface area (Å²) < 4.78 is 11.3. The van der Waals surface area contributed by atoms with Gasteiger partial charge in [0.15, 0.2) is 5.96 Å². The standard InChI is InChI=1S/C23H34N4O2/c1-5-27(6-2)14-15-29-22-13-8-7-11-20(22)18-26-23(24-3)25-17-19-10-9-12-21(16-19)28-4/h7-13,16H,5-6,14-15,17-18H2,1-4H3,(H2,24,25,26). The molecule has 2 aromatic carbocycles. The molecule has 0 heterocycles. The Labute approximate surface area is 174 Å². The molecule has 0 radical (unpaired) electrons. The van der Waals surface area contributed by atoms with Crippen LogP contribution in [0.5, 0.6) is 11.5 Å². The van der Waals surface area contributed by atoms with Crippen LogP contribution in [0.4, 0.5) is 0 Å². The van der Waals surface area contributed by atoms with Gasteiger partial charge in [0.2, 0.25) is 0 Å². The Balaban J connectivity index is 1.87. The fourth-order valence-corrected chi connectivity index (χ4v) is 2.98. The molecule has 0 saturated heterocycles. The molecule has 0 aromatic heterocycles. The minimum atomic E-state index is 0.638. The zero-order valence-electron chi connectivity index (χ0n) is 18.1. The number of ether oxygens (including phenoxy) is 2. The summed E-state index contributed by atoms with van der Waals surface area (Å²) in [5.74, 6) is 2.50. The van der Waals surface area contributed by atoms with Crippen LogP contribution in [0.25, 0.3) is 0 Å². The van der Waals surface area contributed by atoms with Gasteiger partial charge in [-0.25, -0.2) is 0 Å². The van der Waals surface area contributed by atoms with Crippen molar-refractivity contribution in [2.24, 2.45) is 4.99 Å². The number of nitrogens with zero attached hydrogens (tertiary/aromatic N) is 2. The van der Waals surface area contributed by atoms with Crippen molar-refractivity contribution in [3.8, 4) is 11.5 Å². The lowest BCUT2D eigenvalue weighted by molar-refractivity contribution is 0.221. The fourth-order valence-electron chi connectivity index (χ4n) is 2.98. The van der Waals surface area contributed by atoms with Gasteiger partial charge in [0.05, 0.1) is 7.11 Å². The number of aliphatic imine (C=N–C) groups is 1. The van der Waals surface area contributed by atoms with Crippen LogP contribution in [0.15, 0.2) is 53.5 Å². The number of benzene rings is 2. The van der Waals surface area contributed by atoms with Crippen molar-refractivity contribution in [1.82, 2.24) is 15.5 Å². The Morgan fingerprint density at radius 1 is 1.00 bits per heavy atom. The molecule has 2 rings (SSSR count). The highest BCUT2D eigenvalue weighted by Gasteiger charge is 2.06. The maximum atomic E-state index is 6.04. The van der Waals surface area contributed by atoms with Crippen molar-refractivity contribution >= 4 is 5.96 Å². The van der Waals surface area contributed by atoms with E-state index < -0.39 is 0 Å². The molecule has 0 fully saturated rings. The van der Waals surface area contributed by atoms with Gasteiger partial charge in [-0.05, 0) is 36.9 Å². The van der Waals surface area contributed by atoms with Gasteiger partial charge in [-0.15, -0.1) is 0 Å². The number of rotatable bonds is 11. The zero-order valence-corrected chi connectivity index (χ0v) is 18.1. The van der Waals surface area contributed by atoms with Crippen LogP contribution in [0.1, 0.15) is 25.0 Å².